The van der Waals surface area contributed by atoms with E-state index in [0.29, 0.717) is 6.54 Å². The van der Waals surface area contributed by atoms with E-state index in [4.69, 9.17) is 11.5 Å². The SMILES string of the molecule is CC[C@@H](CCCN=C(N)N)C(C)=O.Cl. The highest BCUT2D eigenvalue weighted by Gasteiger charge is 2.10. The molecule has 0 rings (SSSR count). The first-order chi connectivity index (χ1) is 6.07. The van der Waals surface area contributed by atoms with Crippen LogP contribution in [-0.2, 0) is 4.79 Å². The largest absolute Gasteiger partial charge is 0.370 e. The Bertz CT molecular complexity index is 190. The Morgan fingerprint density at radius 3 is 2.36 bits per heavy atom. The van der Waals surface area contributed by atoms with Gasteiger partial charge in [-0.05, 0) is 26.2 Å². The van der Waals surface area contributed by atoms with E-state index in [2.05, 4.69) is 4.99 Å². The fourth-order valence-corrected chi connectivity index (χ4v) is 1.24. The number of carbonyl (C=O) groups excluding carboxylic acids is 1. The number of guanidine groups is 1. The summed E-state index contributed by atoms with van der Waals surface area (Å²) in [4.78, 5) is 14.9. The van der Waals surface area contributed by atoms with Crippen molar-refractivity contribution >= 4 is 24.1 Å². The second-order valence-corrected chi connectivity index (χ2v) is 3.16. The van der Waals surface area contributed by atoms with Crippen LogP contribution in [-0.4, -0.2) is 18.3 Å². The summed E-state index contributed by atoms with van der Waals surface area (Å²) in [5.74, 6) is 0.553. The molecule has 4 nitrogen and oxygen atoms in total. The number of hydrogen-bond acceptors (Lipinski definition) is 2. The highest BCUT2D eigenvalue weighted by Crippen LogP contribution is 2.11. The molecule has 84 valence electrons. The third-order valence-corrected chi connectivity index (χ3v) is 2.07. The first-order valence-corrected chi connectivity index (χ1v) is 4.63. The van der Waals surface area contributed by atoms with Crippen LogP contribution < -0.4 is 11.5 Å². The zero-order chi connectivity index (χ0) is 10.3. The van der Waals surface area contributed by atoms with Crippen molar-refractivity contribution < 1.29 is 4.79 Å². The molecule has 5 heteroatoms. The van der Waals surface area contributed by atoms with Crippen LogP contribution in [0, 0.1) is 5.92 Å². The minimum atomic E-state index is 0. The highest BCUT2D eigenvalue weighted by atomic mass is 35.5. The van der Waals surface area contributed by atoms with Crippen LogP contribution >= 0.6 is 12.4 Å². The van der Waals surface area contributed by atoms with E-state index in [1.807, 2.05) is 6.92 Å². The molecule has 0 aliphatic carbocycles. The Labute approximate surface area is 91.5 Å². The van der Waals surface area contributed by atoms with Gasteiger partial charge in [0.05, 0.1) is 0 Å². The lowest BCUT2D eigenvalue weighted by Crippen LogP contribution is -2.23. The van der Waals surface area contributed by atoms with Gasteiger partial charge in [-0.2, -0.15) is 0 Å². The lowest BCUT2D eigenvalue weighted by Gasteiger charge is -2.08. The maximum absolute atomic E-state index is 11.0. The van der Waals surface area contributed by atoms with Gasteiger partial charge in [-0.3, -0.25) is 9.79 Å². The average Bonchev–Trinajstić information content (AvgIpc) is 2.03. The van der Waals surface area contributed by atoms with Gasteiger partial charge in [-0.1, -0.05) is 6.92 Å². The number of nitrogens with zero attached hydrogens (tertiary/aromatic N) is 1. The predicted octanol–water partition coefficient (Wildman–Crippen LogP) is 1.08. The van der Waals surface area contributed by atoms with Crippen molar-refractivity contribution in [2.45, 2.75) is 33.1 Å². The Balaban J connectivity index is 0. The van der Waals surface area contributed by atoms with Crippen LogP contribution in [0.4, 0.5) is 0 Å². The van der Waals surface area contributed by atoms with Crippen molar-refractivity contribution in [1.82, 2.24) is 0 Å². The van der Waals surface area contributed by atoms with E-state index in [0.717, 1.165) is 19.3 Å². The fraction of sp³-hybridized carbons (Fsp3) is 0.778. The van der Waals surface area contributed by atoms with Crippen molar-refractivity contribution in [2.24, 2.45) is 22.4 Å². The number of hydrogen-bond donors (Lipinski definition) is 2. The number of nitrogens with two attached hydrogens (primary N) is 2. The molecule has 1 atom stereocenters. The van der Waals surface area contributed by atoms with Crippen LogP contribution in [0.15, 0.2) is 4.99 Å². The molecule has 0 saturated carbocycles. The smallest absolute Gasteiger partial charge is 0.185 e. The van der Waals surface area contributed by atoms with Crippen molar-refractivity contribution in [3.05, 3.63) is 0 Å². The van der Waals surface area contributed by atoms with Crippen molar-refractivity contribution in [2.75, 3.05) is 6.54 Å². The number of rotatable bonds is 6. The Morgan fingerprint density at radius 1 is 1.43 bits per heavy atom. The van der Waals surface area contributed by atoms with Gasteiger partial charge in [0.2, 0.25) is 0 Å². The van der Waals surface area contributed by atoms with Gasteiger partial charge in [0.15, 0.2) is 5.96 Å². The molecule has 0 bridgehead atoms. The first kappa shape index (κ1) is 15.7. The third kappa shape index (κ3) is 7.86. The summed E-state index contributed by atoms with van der Waals surface area (Å²) in [6, 6.07) is 0. The van der Waals surface area contributed by atoms with E-state index in [-0.39, 0.29) is 30.1 Å². The highest BCUT2D eigenvalue weighted by molar-refractivity contribution is 5.85. The second kappa shape index (κ2) is 8.81. The molecule has 0 aliphatic rings. The molecule has 0 amide bonds. The molecule has 0 spiro atoms. The molecular weight excluding hydrogens is 202 g/mol. The van der Waals surface area contributed by atoms with Gasteiger partial charge in [0, 0.05) is 12.5 Å². The summed E-state index contributed by atoms with van der Waals surface area (Å²) in [6.45, 7) is 4.27. The zero-order valence-electron chi connectivity index (χ0n) is 8.82. The van der Waals surface area contributed by atoms with E-state index in [1.54, 1.807) is 6.92 Å². The zero-order valence-corrected chi connectivity index (χ0v) is 9.64. The third-order valence-electron chi connectivity index (χ3n) is 2.07. The topological polar surface area (TPSA) is 81.5 Å². The van der Waals surface area contributed by atoms with Gasteiger partial charge < -0.3 is 11.5 Å². The monoisotopic (exact) mass is 221 g/mol. The normalized spacial score (nSPS) is 11.3. The Hall–Kier alpha value is -0.770. The summed E-state index contributed by atoms with van der Waals surface area (Å²) in [5, 5.41) is 0. The molecule has 0 saturated heterocycles. The number of ketones is 1. The van der Waals surface area contributed by atoms with Gasteiger partial charge in [0.1, 0.15) is 5.78 Å². The summed E-state index contributed by atoms with van der Waals surface area (Å²) in [6.07, 6.45) is 2.65. The van der Waals surface area contributed by atoms with Gasteiger partial charge in [0.25, 0.3) is 0 Å². The molecule has 0 aliphatic heterocycles. The van der Waals surface area contributed by atoms with Crippen LogP contribution in [0.3, 0.4) is 0 Å². The number of aliphatic imine (C=N–C) groups is 1. The lowest BCUT2D eigenvalue weighted by molar-refractivity contribution is -0.121. The van der Waals surface area contributed by atoms with Gasteiger partial charge >= 0.3 is 0 Å². The number of carbonyl (C=O) groups is 1. The summed E-state index contributed by atoms with van der Waals surface area (Å²) >= 11 is 0. The molecule has 0 unspecified atom stereocenters. The molecule has 0 radical (unpaired) electrons. The van der Waals surface area contributed by atoms with Crippen molar-refractivity contribution in [3.63, 3.8) is 0 Å². The average molecular weight is 222 g/mol. The Morgan fingerprint density at radius 2 is 2.00 bits per heavy atom. The standard InChI is InChI=1S/C9H19N3O.ClH/c1-3-8(7(2)13)5-4-6-12-9(10)11;/h8H,3-6H2,1-2H3,(H4,10,11,12);1H/t8-;/m0./s1. The molecule has 14 heavy (non-hydrogen) atoms. The van der Waals surface area contributed by atoms with E-state index in [1.165, 1.54) is 0 Å². The predicted molar refractivity (Wildman–Crippen MR) is 61.6 cm³/mol. The summed E-state index contributed by atoms with van der Waals surface area (Å²) < 4.78 is 0. The lowest BCUT2D eigenvalue weighted by atomic mass is 9.96. The summed E-state index contributed by atoms with van der Waals surface area (Å²) in [5.41, 5.74) is 10.3. The van der Waals surface area contributed by atoms with E-state index < -0.39 is 0 Å². The van der Waals surface area contributed by atoms with Crippen molar-refractivity contribution in [3.8, 4) is 0 Å². The maximum Gasteiger partial charge on any atom is 0.185 e. The number of Topliss-reactive ketones (excluding diaryl/α,β-unsaturated/α-hetero) is 1. The molecule has 0 aromatic rings. The molecular formula is C9H20ClN3O. The van der Waals surface area contributed by atoms with E-state index >= 15 is 0 Å². The minimum absolute atomic E-state index is 0. The molecule has 0 aromatic carbocycles. The van der Waals surface area contributed by atoms with E-state index in [9.17, 15) is 4.79 Å². The molecule has 0 heterocycles. The van der Waals surface area contributed by atoms with Crippen LogP contribution in [0.1, 0.15) is 33.1 Å². The number of halogens is 1. The van der Waals surface area contributed by atoms with Crippen LogP contribution in [0.5, 0.6) is 0 Å². The van der Waals surface area contributed by atoms with Crippen molar-refractivity contribution in [1.29, 1.82) is 0 Å². The first-order valence-electron chi connectivity index (χ1n) is 4.63. The van der Waals surface area contributed by atoms with Gasteiger partial charge in [-0.15, -0.1) is 12.4 Å². The second-order valence-electron chi connectivity index (χ2n) is 3.16. The fourth-order valence-electron chi connectivity index (χ4n) is 1.24. The molecule has 4 N–H and O–H groups in total. The maximum atomic E-state index is 11.0. The van der Waals surface area contributed by atoms with Crippen LogP contribution in [0.2, 0.25) is 0 Å². The molecule has 0 aromatic heterocycles. The van der Waals surface area contributed by atoms with Crippen LogP contribution in [0.25, 0.3) is 0 Å². The molecule has 0 fully saturated rings. The minimum Gasteiger partial charge on any atom is -0.370 e. The Kier molecular flexibility index (Phi) is 9.88. The van der Waals surface area contributed by atoms with Gasteiger partial charge in [-0.25, -0.2) is 0 Å². The summed E-state index contributed by atoms with van der Waals surface area (Å²) in [7, 11) is 0. The quantitative estimate of drug-likeness (QED) is 0.400.